The summed E-state index contributed by atoms with van der Waals surface area (Å²) in [5.74, 6) is 1.27. The number of carbonyl (C=O) groups excluding carboxylic acids is 1. The van der Waals surface area contributed by atoms with Crippen molar-refractivity contribution in [2.75, 3.05) is 13.7 Å². The quantitative estimate of drug-likeness (QED) is 0.824. The summed E-state index contributed by atoms with van der Waals surface area (Å²) in [6.45, 7) is 3.09. The second-order valence-electron chi connectivity index (χ2n) is 6.42. The molecule has 0 spiro atoms. The van der Waals surface area contributed by atoms with E-state index in [4.69, 9.17) is 14.2 Å². The van der Waals surface area contributed by atoms with Crippen LogP contribution in [-0.4, -0.2) is 25.7 Å². The molecule has 3 rings (SSSR count). The third-order valence-corrected chi connectivity index (χ3v) is 4.51. The minimum atomic E-state index is -0.326. The van der Waals surface area contributed by atoms with Gasteiger partial charge in [0.15, 0.2) is 11.5 Å². The van der Waals surface area contributed by atoms with Gasteiger partial charge in [0.25, 0.3) is 0 Å². The van der Waals surface area contributed by atoms with E-state index in [1.807, 2.05) is 55.5 Å². The summed E-state index contributed by atoms with van der Waals surface area (Å²) in [6, 6.07) is 15.6. The van der Waals surface area contributed by atoms with Crippen molar-refractivity contribution in [2.45, 2.75) is 38.5 Å². The number of ether oxygens (including phenoxy) is 3. The van der Waals surface area contributed by atoms with Crippen molar-refractivity contribution < 1.29 is 19.0 Å². The highest BCUT2D eigenvalue weighted by molar-refractivity contribution is 5.81. The second kappa shape index (κ2) is 8.72. The van der Waals surface area contributed by atoms with Gasteiger partial charge in [-0.3, -0.25) is 4.79 Å². The molecule has 1 aliphatic rings. The molecule has 2 aromatic rings. The largest absolute Gasteiger partial charge is 0.493 e. The lowest BCUT2D eigenvalue weighted by Gasteiger charge is -2.19. The highest BCUT2D eigenvalue weighted by Crippen LogP contribution is 2.31. The first kappa shape index (κ1) is 18.3. The second-order valence-corrected chi connectivity index (χ2v) is 6.42. The number of methoxy groups -OCH3 is 1. The first-order valence-corrected chi connectivity index (χ1v) is 8.94. The lowest BCUT2D eigenvalue weighted by molar-refractivity contribution is -0.130. The van der Waals surface area contributed by atoms with E-state index >= 15 is 0 Å². The summed E-state index contributed by atoms with van der Waals surface area (Å²) in [7, 11) is 1.62. The summed E-state index contributed by atoms with van der Waals surface area (Å²) in [6.07, 6.45) is 1.40. The van der Waals surface area contributed by atoms with Crippen LogP contribution in [0.25, 0.3) is 0 Å². The minimum Gasteiger partial charge on any atom is -0.493 e. The Labute approximate surface area is 154 Å². The van der Waals surface area contributed by atoms with Crippen LogP contribution in [0.5, 0.6) is 11.5 Å². The molecule has 5 heteroatoms. The molecule has 1 N–H and O–H groups in total. The summed E-state index contributed by atoms with van der Waals surface area (Å²) >= 11 is 0. The molecule has 1 heterocycles. The van der Waals surface area contributed by atoms with Crippen LogP contribution >= 0.6 is 0 Å². The fourth-order valence-corrected chi connectivity index (χ4v) is 2.98. The van der Waals surface area contributed by atoms with Gasteiger partial charge in [-0.1, -0.05) is 36.4 Å². The summed E-state index contributed by atoms with van der Waals surface area (Å²) < 4.78 is 16.8. The standard InChI is InChI=1S/C21H25NO4/c1-15(22-21(23)19-9-6-12-25-19)17-10-11-18(20(13-17)24-2)26-14-16-7-4-3-5-8-16/h3-5,7-8,10-11,13,15,19H,6,9,12,14H2,1-2H3,(H,22,23)/t15-,19-/m1/s1. The normalized spacial score (nSPS) is 17.5. The van der Waals surface area contributed by atoms with Crippen LogP contribution in [-0.2, 0) is 16.1 Å². The average molecular weight is 355 g/mol. The van der Waals surface area contributed by atoms with Gasteiger partial charge in [-0.2, -0.15) is 0 Å². The Balaban J connectivity index is 1.64. The Hall–Kier alpha value is -2.53. The van der Waals surface area contributed by atoms with Crippen LogP contribution in [0, 0.1) is 0 Å². The number of carbonyl (C=O) groups is 1. The van der Waals surface area contributed by atoms with Crippen LogP contribution in [0.3, 0.4) is 0 Å². The fraction of sp³-hybridized carbons (Fsp3) is 0.381. The highest BCUT2D eigenvalue weighted by atomic mass is 16.5. The van der Waals surface area contributed by atoms with E-state index in [1.54, 1.807) is 7.11 Å². The highest BCUT2D eigenvalue weighted by Gasteiger charge is 2.25. The predicted molar refractivity (Wildman–Crippen MR) is 99.3 cm³/mol. The Morgan fingerprint density at radius 3 is 2.73 bits per heavy atom. The van der Waals surface area contributed by atoms with E-state index in [-0.39, 0.29) is 18.1 Å². The lowest BCUT2D eigenvalue weighted by atomic mass is 10.1. The zero-order chi connectivity index (χ0) is 18.4. The van der Waals surface area contributed by atoms with Crippen molar-refractivity contribution in [1.82, 2.24) is 5.32 Å². The van der Waals surface area contributed by atoms with E-state index in [9.17, 15) is 4.79 Å². The van der Waals surface area contributed by atoms with Crippen LogP contribution in [0.2, 0.25) is 0 Å². The molecular formula is C21H25NO4. The number of hydrogen-bond donors (Lipinski definition) is 1. The number of amides is 1. The van der Waals surface area contributed by atoms with Crippen molar-refractivity contribution >= 4 is 5.91 Å². The molecule has 0 aromatic heterocycles. The van der Waals surface area contributed by atoms with Crippen molar-refractivity contribution in [2.24, 2.45) is 0 Å². The van der Waals surface area contributed by atoms with Gasteiger partial charge < -0.3 is 19.5 Å². The Bertz CT molecular complexity index is 726. The van der Waals surface area contributed by atoms with Gasteiger partial charge in [0.1, 0.15) is 12.7 Å². The zero-order valence-corrected chi connectivity index (χ0v) is 15.2. The maximum atomic E-state index is 12.2. The van der Waals surface area contributed by atoms with E-state index in [1.165, 1.54) is 0 Å². The Kier molecular flexibility index (Phi) is 6.12. The molecule has 26 heavy (non-hydrogen) atoms. The molecule has 1 aliphatic heterocycles. The summed E-state index contributed by atoms with van der Waals surface area (Å²) in [5, 5.41) is 3.01. The third-order valence-electron chi connectivity index (χ3n) is 4.51. The average Bonchev–Trinajstić information content (AvgIpc) is 3.22. The molecular weight excluding hydrogens is 330 g/mol. The van der Waals surface area contributed by atoms with Gasteiger partial charge in [0, 0.05) is 6.61 Å². The molecule has 0 bridgehead atoms. The van der Waals surface area contributed by atoms with Crippen LogP contribution < -0.4 is 14.8 Å². The van der Waals surface area contributed by atoms with Crippen molar-refractivity contribution in [3.05, 3.63) is 59.7 Å². The lowest BCUT2D eigenvalue weighted by Crippen LogP contribution is -2.35. The molecule has 0 radical (unpaired) electrons. The fourth-order valence-electron chi connectivity index (χ4n) is 2.98. The predicted octanol–water partition coefficient (Wildman–Crippen LogP) is 3.63. The van der Waals surface area contributed by atoms with Gasteiger partial charge in [-0.25, -0.2) is 0 Å². The van der Waals surface area contributed by atoms with Crippen LogP contribution in [0.15, 0.2) is 48.5 Å². The molecule has 1 amide bonds. The van der Waals surface area contributed by atoms with Crippen molar-refractivity contribution in [3.63, 3.8) is 0 Å². The zero-order valence-electron chi connectivity index (χ0n) is 15.2. The van der Waals surface area contributed by atoms with Crippen LogP contribution in [0.4, 0.5) is 0 Å². The van der Waals surface area contributed by atoms with E-state index in [2.05, 4.69) is 5.32 Å². The van der Waals surface area contributed by atoms with Gasteiger partial charge >= 0.3 is 0 Å². The van der Waals surface area contributed by atoms with Crippen LogP contribution in [0.1, 0.15) is 36.9 Å². The number of nitrogens with one attached hydrogen (secondary N) is 1. The molecule has 5 nitrogen and oxygen atoms in total. The molecule has 0 saturated carbocycles. The van der Waals surface area contributed by atoms with E-state index < -0.39 is 0 Å². The minimum absolute atomic E-state index is 0.0571. The molecule has 0 aliphatic carbocycles. The molecule has 0 unspecified atom stereocenters. The molecule has 2 aromatic carbocycles. The molecule has 2 atom stereocenters. The van der Waals surface area contributed by atoms with Gasteiger partial charge in [0.2, 0.25) is 5.91 Å². The Morgan fingerprint density at radius 2 is 2.04 bits per heavy atom. The topological polar surface area (TPSA) is 56.8 Å². The summed E-state index contributed by atoms with van der Waals surface area (Å²) in [4.78, 5) is 12.2. The molecule has 1 saturated heterocycles. The maximum Gasteiger partial charge on any atom is 0.249 e. The maximum absolute atomic E-state index is 12.2. The monoisotopic (exact) mass is 355 g/mol. The third kappa shape index (κ3) is 4.55. The smallest absolute Gasteiger partial charge is 0.249 e. The van der Waals surface area contributed by atoms with Crippen molar-refractivity contribution in [1.29, 1.82) is 0 Å². The van der Waals surface area contributed by atoms with E-state index in [0.29, 0.717) is 24.7 Å². The Morgan fingerprint density at radius 1 is 1.23 bits per heavy atom. The van der Waals surface area contributed by atoms with Crippen molar-refractivity contribution in [3.8, 4) is 11.5 Å². The summed E-state index contributed by atoms with van der Waals surface area (Å²) in [5.41, 5.74) is 2.05. The number of benzene rings is 2. The SMILES string of the molecule is COc1cc([C@@H](C)NC(=O)[C@H]2CCCO2)ccc1OCc1ccccc1. The first-order chi connectivity index (χ1) is 12.7. The molecule has 1 fully saturated rings. The number of hydrogen-bond acceptors (Lipinski definition) is 4. The molecule has 138 valence electrons. The number of rotatable bonds is 7. The van der Waals surface area contributed by atoms with E-state index in [0.717, 1.165) is 24.0 Å². The first-order valence-electron chi connectivity index (χ1n) is 8.94. The van der Waals surface area contributed by atoms with Gasteiger partial charge in [-0.15, -0.1) is 0 Å². The van der Waals surface area contributed by atoms with Gasteiger partial charge in [0.05, 0.1) is 13.2 Å². The van der Waals surface area contributed by atoms with Gasteiger partial charge in [-0.05, 0) is 43.0 Å².